The fourth-order valence-electron chi connectivity index (χ4n) is 8.53. The molecule has 4 heterocycles. The molecule has 4 amide bonds. The van der Waals surface area contributed by atoms with Crippen molar-refractivity contribution < 1.29 is 37.1 Å². The fraction of sp³-hybridized carbons (Fsp3) is 0.455. The molecule has 0 spiro atoms. The molecule has 13 nitrogen and oxygen atoms in total. The van der Waals surface area contributed by atoms with E-state index in [1.54, 1.807) is 30.3 Å². The number of nitrogens with zero attached hydrogens (tertiary/aromatic N) is 4. The van der Waals surface area contributed by atoms with Crippen molar-refractivity contribution in [3.05, 3.63) is 88.5 Å². The molecule has 58 heavy (non-hydrogen) atoms. The Hall–Kier alpha value is -5.23. The molecule has 2 atom stereocenters. The van der Waals surface area contributed by atoms with E-state index in [1.807, 2.05) is 37.3 Å². The lowest BCUT2D eigenvalue weighted by molar-refractivity contribution is -0.134. The lowest BCUT2D eigenvalue weighted by atomic mass is 9.90. The SMILES string of the molecule is CCOc1cc([C@@H](CS(C)(=O)=O)N2C(=O)c3ccc(N4CCC(N5CCN(CCC#Cc6ccc(C7CCC(=O)NC7=O)cc6)CC5)CC4)cc3C2=O)ccc1OC. The maximum Gasteiger partial charge on any atom is 0.262 e. The Morgan fingerprint density at radius 3 is 2.24 bits per heavy atom. The zero-order valence-corrected chi connectivity index (χ0v) is 34.2. The van der Waals surface area contributed by atoms with E-state index < -0.39 is 33.4 Å². The number of methoxy groups -OCH3 is 1. The van der Waals surface area contributed by atoms with E-state index in [-0.39, 0.29) is 28.9 Å². The summed E-state index contributed by atoms with van der Waals surface area (Å²) in [5.41, 5.74) is 3.71. The number of rotatable bonds is 12. The van der Waals surface area contributed by atoms with Gasteiger partial charge in [-0.25, -0.2) is 8.42 Å². The Morgan fingerprint density at radius 2 is 1.57 bits per heavy atom. The molecule has 306 valence electrons. The van der Waals surface area contributed by atoms with Crippen molar-refractivity contribution in [2.24, 2.45) is 0 Å². The number of carbonyl (C=O) groups excluding carboxylic acids is 4. The first kappa shape index (κ1) is 40.9. The number of sulfone groups is 1. The van der Waals surface area contributed by atoms with Crippen LogP contribution in [0.1, 0.15) is 88.4 Å². The monoisotopic (exact) mass is 809 g/mol. The topological polar surface area (TPSA) is 146 Å². The van der Waals surface area contributed by atoms with E-state index in [1.165, 1.54) is 7.11 Å². The summed E-state index contributed by atoms with van der Waals surface area (Å²) in [6, 6.07) is 17.5. The molecule has 3 aromatic rings. The largest absolute Gasteiger partial charge is 0.493 e. The van der Waals surface area contributed by atoms with Crippen molar-refractivity contribution >= 4 is 39.2 Å². The zero-order valence-electron chi connectivity index (χ0n) is 33.4. The number of hydrogen-bond acceptors (Lipinski definition) is 11. The number of imide groups is 2. The van der Waals surface area contributed by atoms with Gasteiger partial charge in [-0.1, -0.05) is 30.0 Å². The average Bonchev–Trinajstić information content (AvgIpc) is 3.46. The highest BCUT2D eigenvalue weighted by molar-refractivity contribution is 7.90. The Balaban J connectivity index is 0.903. The Labute approximate surface area is 340 Å². The van der Waals surface area contributed by atoms with Gasteiger partial charge < -0.3 is 14.4 Å². The third-order valence-electron chi connectivity index (χ3n) is 11.6. The number of piperidine rings is 2. The molecule has 1 unspecified atom stereocenters. The molecule has 14 heteroatoms. The summed E-state index contributed by atoms with van der Waals surface area (Å²) in [6.07, 6.45) is 4.74. The van der Waals surface area contributed by atoms with E-state index >= 15 is 0 Å². The molecule has 0 aromatic heterocycles. The second-order valence-electron chi connectivity index (χ2n) is 15.4. The first-order chi connectivity index (χ1) is 27.9. The third kappa shape index (κ3) is 9.22. The van der Waals surface area contributed by atoms with Crippen LogP contribution >= 0.6 is 0 Å². The van der Waals surface area contributed by atoms with E-state index in [2.05, 4.69) is 31.9 Å². The molecule has 4 aliphatic heterocycles. The molecule has 0 saturated carbocycles. The number of carbonyl (C=O) groups is 4. The van der Waals surface area contributed by atoms with Crippen LogP contribution in [0, 0.1) is 11.8 Å². The predicted octanol–water partition coefficient (Wildman–Crippen LogP) is 4.02. The molecule has 4 aliphatic rings. The molecule has 3 saturated heterocycles. The van der Waals surface area contributed by atoms with Crippen molar-refractivity contribution in [3.63, 3.8) is 0 Å². The van der Waals surface area contributed by atoms with Gasteiger partial charge in [-0.15, -0.1) is 0 Å². The maximum atomic E-state index is 14.0. The first-order valence-electron chi connectivity index (χ1n) is 20.1. The highest BCUT2D eigenvalue weighted by Gasteiger charge is 2.42. The van der Waals surface area contributed by atoms with Crippen LogP contribution in [0.3, 0.4) is 0 Å². The van der Waals surface area contributed by atoms with E-state index in [0.29, 0.717) is 42.6 Å². The van der Waals surface area contributed by atoms with E-state index in [9.17, 15) is 27.6 Å². The van der Waals surface area contributed by atoms with E-state index in [0.717, 1.165) is 93.0 Å². The predicted molar refractivity (Wildman–Crippen MR) is 220 cm³/mol. The highest BCUT2D eigenvalue weighted by atomic mass is 32.2. The Morgan fingerprint density at radius 1 is 0.845 bits per heavy atom. The van der Waals surface area contributed by atoms with Gasteiger partial charge in [-0.2, -0.15) is 0 Å². The second kappa shape index (κ2) is 17.7. The van der Waals surface area contributed by atoms with Gasteiger partial charge in [0.15, 0.2) is 11.5 Å². The number of anilines is 1. The van der Waals surface area contributed by atoms with Gasteiger partial charge in [0.1, 0.15) is 9.84 Å². The number of hydrogen-bond donors (Lipinski definition) is 1. The van der Waals surface area contributed by atoms with Crippen LogP contribution in [0.25, 0.3) is 0 Å². The van der Waals surface area contributed by atoms with Crippen molar-refractivity contribution in [1.82, 2.24) is 20.0 Å². The smallest absolute Gasteiger partial charge is 0.262 e. The average molecular weight is 810 g/mol. The van der Waals surface area contributed by atoms with Gasteiger partial charge >= 0.3 is 0 Å². The number of fused-ring (bicyclic) bond motifs is 1. The molecule has 1 N–H and O–H groups in total. The molecule has 3 aromatic carbocycles. The lowest BCUT2D eigenvalue weighted by Crippen LogP contribution is -2.53. The summed E-state index contributed by atoms with van der Waals surface area (Å²) in [5, 5.41) is 2.42. The van der Waals surface area contributed by atoms with Crippen molar-refractivity contribution in [1.29, 1.82) is 0 Å². The van der Waals surface area contributed by atoms with Crippen molar-refractivity contribution in [2.45, 2.75) is 57.0 Å². The lowest BCUT2D eigenvalue weighted by Gasteiger charge is -2.43. The van der Waals surface area contributed by atoms with Crippen LogP contribution in [0.5, 0.6) is 11.5 Å². The summed E-state index contributed by atoms with van der Waals surface area (Å²) < 4.78 is 36.4. The quantitative estimate of drug-likeness (QED) is 0.209. The van der Waals surface area contributed by atoms with Crippen LogP contribution in [0.2, 0.25) is 0 Å². The third-order valence-corrected chi connectivity index (χ3v) is 12.6. The minimum Gasteiger partial charge on any atom is -0.493 e. The van der Waals surface area contributed by atoms with Gasteiger partial charge in [0.05, 0.1) is 42.6 Å². The summed E-state index contributed by atoms with van der Waals surface area (Å²) in [5.74, 6) is 5.24. The minimum atomic E-state index is -3.60. The maximum absolute atomic E-state index is 14.0. The van der Waals surface area contributed by atoms with Crippen LogP contribution in [0.15, 0.2) is 60.7 Å². The summed E-state index contributed by atoms with van der Waals surface area (Å²) >= 11 is 0. The summed E-state index contributed by atoms with van der Waals surface area (Å²) in [6.45, 7) is 8.71. The van der Waals surface area contributed by atoms with Crippen LogP contribution < -0.4 is 19.7 Å². The number of amides is 4. The first-order valence-corrected chi connectivity index (χ1v) is 22.1. The highest BCUT2D eigenvalue weighted by Crippen LogP contribution is 2.38. The summed E-state index contributed by atoms with van der Waals surface area (Å²) in [7, 11) is -2.09. The molecule has 3 fully saturated rings. The number of benzene rings is 3. The van der Waals surface area contributed by atoms with Gasteiger partial charge in [0.2, 0.25) is 11.8 Å². The number of nitrogens with one attached hydrogen (secondary N) is 1. The molecule has 7 rings (SSSR count). The van der Waals surface area contributed by atoms with Crippen LogP contribution in [-0.2, 0) is 19.4 Å². The number of piperazine rings is 1. The zero-order chi connectivity index (χ0) is 41.0. The van der Waals surface area contributed by atoms with Gasteiger partial charge in [-0.05, 0) is 79.8 Å². The van der Waals surface area contributed by atoms with Crippen molar-refractivity contribution in [2.75, 3.05) is 76.4 Å². The molecule has 0 aliphatic carbocycles. The van der Waals surface area contributed by atoms with E-state index in [4.69, 9.17) is 9.47 Å². The summed E-state index contributed by atoms with van der Waals surface area (Å²) in [4.78, 5) is 59.8. The Kier molecular flexibility index (Phi) is 12.5. The van der Waals surface area contributed by atoms with Crippen molar-refractivity contribution in [3.8, 4) is 23.3 Å². The van der Waals surface area contributed by atoms with Crippen LogP contribution in [-0.4, -0.2) is 124 Å². The number of ether oxygens (including phenoxy) is 2. The standard InChI is InChI=1S/C44H51N5O8S/c1-4-57-40-27-32(12-16-39(40)56-2)38(29-58(3,54)55)49-43(52)36-14-13-34(28-37(36)44(49)53)47-21-18-33(19-22-47)48-25-23-46(24-26-48)20-6-5-7-30-8-10-31(11-9-30)35-15-17-41(50)45-42(35)51/h8-14,16,27-28,33,35,38H,4,6,15,17-26,29H2,1-3H3,(H,45,50,51)/t35?,38-/m1/s1. The Bertz CT molecular complexity index is 2220. The second-order valence-corrected chi connectivity index (χ2v) is 17.6. The van der Waals surface area contributed by atoms with Crippen LogP contribution in [0.4, 0.5) is 5.69 Å². The molecular formula is C44H51N5O8S. The molecular weight excluding hydrogens is 759 g/mol. The normalized spacial score (nSPS) is 20.0. The van der Waals surface area contributed by atoms with Gasteiger partial charge in [0, 0.05) is 82.2 Å². The van der Waals surface area contributed by atoms with Gasteiger partial charge in [0.25, 0.3) is 11.8 Å². The minimum absolute atomic E-state index is 0.209. The molecule has 0 bridgehead atoms. The fourth-order valence-corrected chi connectivity index (χ4v) is 9.45. The molecule has 0 radical (unpaired) electrons. The van der Waals surface area contributed by atoms with Gasteiger partial charge in [-0.3, -0.25) is 39.2 Å².